The number of hydrogen-bond donors (Lipinski definition) is 0. The molecule has 0 amide bonds. The largest absolute Gasteiger partial charge is 0.461 e. The number of rotatable bonds is 3. The van der Waals surface area contributed by atoms with Crippen LogP contribution < -0.4 is 0 Å². The van der Waals surface area contributed by atoms with Crippen LogP contribution in [0, 0.1) is 22.2 Å². The van der Waals surface area contributed by atoms with Crippen molar-refractivity contribution in [1.29, 1.82) is 0 Å². The molecule has 4 atom stereocenters. The van der Waals surface area contributed by atoms with E-state index >= 15 is 0 Å². The predicted octanol–water partition coefficient (Wildman–Crippen LogP) is 4.18. The Labute approximate surface area is 119 Å². The number of carbonyl (C=O) groups is 1. The average Bonchev–Trinajstić information content (AvgIpc) is 2.68. The Balaban J connectivity index is 2.29. The highest BCUT2D eigenvalue weighted by atomic mass is 16.5. The third-order valence-electron chi connectivity index (χ3n) is 5.87. The first-order valence-electron chi connectivity index (χ1n) is 9.30. The zero-order valence-electron chi connectivity index (χ0n) is 17.1. The van der Waals surface area contributed by atoms with Gasteiger partial charge in [0.05, 0.1) is 5.41 Å². The van der Waals surface area contributed by atoms with Gasteiger partial charge in [0.1, 0.15) is 6.10 Å². The van der Waals surface area contributed by atoms with Crippen LogP contribution in [-0.2, 0) is 9.53 Å². The Morgan fingerprint density at radius 3 is 2.61 bits per heavy atom. The maximum absolute atomic E-state index is 12.7. The molecule has 2 rings (SSSR count). The molecule has 0 heterocycles. The van der Waals surface area contributed by atoms with Crippen molar-refractivity contribution in [1.82, 2.24) is 0 Å². The third kappa shape index (κ3) is 1.71. The molecule has 0 saturated heterocycles. The Morgan fingerprint density at radius 2 is 2.22 bits per heavy atom. The Morgan fingerprint density at radius 1 is 1.56 bits per heavy atom. The van der Waals surface area contributed by atoms with Gasteiger partial charge in [0.15, 0.2) is 0 Å². The van der Waals surface area contributed by atoms with Crippen LogP contribution in [0.3, 0.4) is 0 Å². The van der Waals surface area contributed by atoms with Gasteiger partial charge in [0, 0.05) is 12.3 Å². The van der Waals surface area contributed by atoms with Crippen molar-refractivity contribution in [3.05, 3.63) is 0 Å². The van der Waals surface area contributed by atoms with E-state index in [0.29, 0.717) is 5.92 Å². The third-order valence-corrected chi connectivity index (χ3v) is 5.87. The van der Waals surface area contributed by atoms with Crippen LogP contribution in [0.4, 0.5) is 0 Å². The van der Waals surface area contributed by atoms with Gasteiger partial charge in [0.25, 0.3) is 0 Å². The van der Waals surface area contributed by atoms with Gasteiger partial charge in [-0.2, -0.15) is 0 Å². The van der Waals surface area contributed by atoms with Gasteiger partial charge >= 0.3 is 5.97 Å². The summed E-state index contributed by atoms with van der Waals surface area (Å²) in [6, 6.07) is 0. The molecule has 2 aliphatic carbocycles. The van der Waals surface area contributed by atoms with E-state index in [-0.39, 0.29) is 16.9 Å². The van der Waals surface area contributed by atoms with Crippen LogP contribution in [0.1, 0.15) is 74.0 Å². The van der Waals surface area contributed by atoms with E-state index in [4.69, 9.17) is 11.6 Å². The van der Waals surface area contributed by atoms with Gasteiger partial charge < -0.3 is 4.74 Å². The lowest BCUT2D eigenvalue weighted by molar-refractivity contribution is -0.167. The fourth-order valence-electron chi connectivity index (χ4n) is 3.66. The smallest absolute Gasteiger partial charge is 0.311 e. The summed E-state index contributed by atoms with van der Waals surface area (Å²) in [5, 5.41) is 0. The van der Waals surface area contributed by atoms with E-state index in [1.165, 1.54) is 0 Å². The fourth-order valence-corrected chi connectivity index (χ4v) is 3.66. The van der Waals surface area contributed by atoms with Crippen molar-refractivity contribution in [2.24, 2.45) is 22.2 Å². The van der Waals surface area contributed by atoms with Crippen molar-refractivity contribution < 1.29 is 16.4 Å². The molecule has 4 unspecified atom stereocenters. The van der Waals surface area contributed by atoms with Crippen molar-refractivity contribution in [3.63, 3.8) is 0 Å². The van der Waals surface area contributed by atoms with Crippen molar-refractivity contribution >= 4 is 5.97 Å². The summed E-state index contributed by atoms with van der Waals surface area (Å²) in [4.78, 5) is 12.7. The molecule has 2 saturated carbocycles. The minimum atomic E-state index is -2.77. The number of hydrogen-bond acceptors (Lipinski definition) is 2. The van der Waals surface area contributed by atoms with E-state index in [0.717, 1.165) is 33.1 Å². The molecule has 2 heteroatoms. The zero-order valence-corrected chi connectivity index (χ0v) is 12.1. The highest BCUT2D eigenvalue weighted by Gasteiger charge is 2.63. The van der Waals surface area contributed by atoms with Crippen molar-refractivity contribution in [2.45, 2.75) is 73.2 Å². The fraction of sp³-hybridized carbons (Fsp3) is 0.938. The van der Waals surface area contributed by atoms with Gasteiger partial charge in [-0.25, -0.2) is 0 Å². The second kappa shape index (κ2) is 3.98. The first-order chi connectivity index (χ1) is 10.1. The second-order valence-corrected chi connectivity index (χ2v) is 6.88. The summed E-state index contributed by atoms with van der Waals surface area (Å²) in [5.74, 6) is -0.484. The summed E-state index contributed by atoms with van der Waals surface area (Å²) in [7, 11) is 0. The molecule has 0 spiro atoms. The molecule has 0 N–H and O–H groups in total. The van der Waals surface area contributed by atoms with E-state index in [1.807, 2.05) is 0 Å². The molecule has 0 aliphatic heterocycles. The van der Waals surface area contributed by atoms with E-state index in [1.54, 1.807) is 0 Å². The monoisotopic (exact) mass is 257 g/mol. The summed E-state index contributed by atoms with van der Waals surface area (Å²) in [6.07, 6.45) is 0.241. The van der Waals surface area contributed by atoms with Crippen LogP contribution in [0.5, 0.6) is 0 Å². The van der Waals surface area contributed by atoms with Gasteiger partial charge in [-0.1, -0.05) is 27.7 Å². The minimum absolute atomic E-state index is 0.0412. The maximum atomic E-state index is 12.7. The molecule has 0 aromatic heterocycles. The van der Waals surface area contributed by atoms with Gasteiger partial charge in [-0.15, -0.1) is 0 Å². The van der Waals surface area contributed by atoms with Gasteiger partial charge in [0.2, 0.25) is 0 Å². The number of ether oxygens (including phenoxy) is 1. The Bertz CT molecular complexity index is 492. The van der Waals surface area contributed by atoms with Gasteiger partial charge in [-0.05, 0) is 50.7 Å². The standard InChI is InChI=1S/C16H28O2/c1-7-14(2,3)13(17)18-12-10-11-8-9-16(12,6)15(11,4)5/h11-12H,7-10H2,1-6H3/i2D3,7D2. The summed E-state index contributed by atoms with van der Waals surface area (Å²) < 4.78 is 44.4. The average molecular weight is 257 g/mol. The zero-order chi connectivity index (χ0) is 18.1. The maximum Gasteiger partial charge on any atom is 0.311 e. The van der Waals surface area contributed by atoms with Crippen molar-refractivity contribution in [3.8, 4) is 0 Å². The van der Waals surface area contributed by atoms with Crippen LogP contribution in [0.25, 0.3) is 0 Å². The second-order valence-electron chi connectivity index (χ2n) is 6.88. The molecule has 2 aliphatic rings. The normalized spacial score (nSPS) is 46.2. The lowest BCUT2D eigenvalue weighted by atomic mass is 9.70. The highest BCUT2D eigenvalue weighted by Crippen LogP contribution is 2.66. The SMILES string of the molecule is [2H]C([2H])([2H])C(C)(C(=O)OC1CC2CCC1(C)C2(C)C)C([2H])([2H])C. The number of carbonyl (C=O) groups excluding carboxylic acids is 1. The molecular formula is C16H28O2. The van der Waals surface area contributed by atoms with Crippen molar-refractivity contribution in [2.75, 3.05) is 0 Å². The summed E-state index contributed by atoms with van der Waals surface area (Å²) in [5.41, 5.74) is -2.31. The quantitative estimate of drug-likeness (QED) is 0.709. The predicted molar refractivity (Wildman–Crippen MR) is 73.2 cm³/mol. The highest BCUT2D eigenvalue weighted by molar-refractivity contribution is 5.76. The van der Waals surface area contributed by atoms with Gasteiger partial charge in [-0.3, -0.25) is 4.79 Å². The molecular weight excluding hydrogens is 224 g/mol. The minimum Gasteiger partial charge on any atom is -0.461 e. The van der Waals surface area contributed by atoms with Crippen LogP contribution in [0.15, 0.2) is 0 Å². The molecule has 2 fully saturated rings. The molecule has 2 nitrogen and oxygen atoms in total. The summed E-state index contributed by atoms with van der Waals surface area (Å²) in [6.45, 7) is 5.98. The van der Waals surface area contributed by atoms with Crippen LogP contribution >= 0.6 is 0 Å². The molecule has 0 aromatic rings. The Hall–Kier alpha value is -0.530. The summed E-state index contributed by atoms with van der Waals surface area (Å²) >= 11 is 0. The first kappa shape index (κ1) is 8.60. The van der Waals surface area contributed by atoms with Crippen LogP contribution in [0.2, 0.25) is 0 Å². The molecule has 2 bridgehead atoms. The Kier molecular flexibility index (Phi) is 1.90. The number of fused-ring (bicyclic) bond motifs is 2. The number of esters is 1. The molecule has 18 heavy (non-hydrogen) atoms. The van der Waals surface area contributed by atoms with Crippen LogP contribution in [-0.4, -0.2) is 12.1 Å². The van der Waals surface area contributed by atoms with E-state index in [2.05, 4.69) is 20.8 Å². The molecule has 0 radical (unpaired) electrons. The van der Waals surface area contributed by atoms with E-state index in [9.17, 15) is 4.79 Å². The van der Waals surface area contributed by atoms with E-state index < -0.39 is 24.6 Å². The lowest BCUT2D eigenvalue weighted by Crippen LogP contribution is -2.40. The molecule has 104 valence electrons. The first-order valence-corrected chi connectivity index (χ1v) is 6.80. The topological polar surface area (TPSA) is 26.3 Å². The lowest BCUT2D eigenvalue weighted by Gasteiger charge is -2.39. The molecule has 0 aromatic carbocycles.